The van der Waals surface area contributed by atoms with Crippen LogP contribution < -0.4 is 10.9 Å². The second-order valence-electron chi connectivity index (χ2n) is 5.06. The fourth-order valence-corrected chi connectivity index (χ4v) is 2.26. The Labute approximate surface area is 152 Å². The van der Waals surface area contributed by atoms with Crippen LogP contribution in [0.1, 0.15) is 26.7 Å². The number of halogens is 2. The zero-order valence-corrected chi connectivity index (χ0v) is 15.2. The highest BCUT2D eigenvalue weighted by Crippen LogP contribution is 2.15. The zero-order valence-electron chi connectivity index (χ0n) is 13.7. The Hall–Kier alpha value is -2.04. The molecule has 0 bridgehead atoms. The van der Waals surface area contributed by atoms with Gasteiger partial charge < -0.3 is 0 Å². The fourth-order valence-electron chi connectivity index (χ4n) is 2.01. The molecule has 126 valence electrons. The summed E-state index contributed by atoms with van der Waals surface area (Å²) in [6.07, 6.45) is 1.55. The van der Waals surface area contributed by atoms with Gasteiger partial charge >= 0.3 is 0 Å². The average Bonchev–Trinajstić information content (AvgIpc) is 2.60. The molecule has 0 saturated heterocycles. The van der Waals surface area contributed by atoms with Crippen molar-refractivity contribution in [3.8, 4) is 0 Å². The third-order valence-electron chi connectivity index (χ3n) is 3.33. The molecule has 6 heteroatoms. The molecule has 0 unspecified atom stereocenters. The first-order chi connectivity index (χ1) is 11.6. The van der Waals surface area contributed by atoms with Crippen LogP contribution in [0.2, 0.25) is 10.0 Å². The van der Waals surface area contributed by atoms with Gasteiger partial charge in [0.2, 0.25) is 0 Å². The van der Waals surface area contributed by atoms with Crippen LogP contribution in [0, 0.1) is 0 Å². The molecule has 0 aromatic heterocycles. The molecule has 0 radical (unpaired) electrons. The van der Waals surface area contributed by atoms with Crippen LogP contribution in [0.15, 0.2) is 58.7 Å². The number of hydrogen-bond donors (Lipinski definition) is 2. The monoisotopic (exact) mass is 362 g/mol. The van der Waals surface area contributed by atoms with Gasteiger partial charge in [-0.2, -0.15) is 10.2 Å². The van der Waals surface area contributed by atoms with Crippen molar-refractivity contribution in [2.45, 2.75) is 26.7 Å². The molecule has 0 fully saturated rings. The number of nitrogens with zero attached hydrogens (tertiary/aromatic N) is 2. The standard InChI is InChI=1S/C18H20Cl2N4/c1-3-17(23-21-15-9-5-13(19)6-10-15)18(4-2)24-22-16-11-7-14(20)8-12-16/h5-12,21-22H,3-4H2,1-2H3/b23-17-,24-18-. The molecule has 0 saturated carbocycles. The Morgan fingerprint density at radius 2 is 1.04 bits per heavy atom. The van der Waals surface area contributed by atoms with Gasteiger partial charge in [-0.15, -0.1) is 0 Å². The lowest BCUT2D eigenvalue weighted by Crippen LogP contribution is -2.16. The van der Waals surface area contributed by atoms with Crippen molar-refractivity contribution in [3.63, 3.8) is 0 Å². The van der Waals surface area contributed by atoms with Crippen molar-refractivity contribution in [1.82, 2.24) is 0 Å². The van der Waals surface area contributed by atoms with Gasteiger partial charge in [0, 0.05) is 10.0 Å². The molecule has 2 rings (SSSR count). The summed E-state index contributed by atoms with van der Waals surface area (Å²) < 4.78 is 0. The Balaban J connectivity index is 2.09. The number of anilines is 2. The summed E-state index contributed by atoms with van der Waals surface area (Å²) in [6, 6.07) is 14.8. The maximum Gasteiger partial charge on any atom is 0.0836 e. The van der Waals surface area contributed by atoms with Gasteiger partial charge in [0.25, 0.3) is 0 Å². The molecule has 2 aromatic rings. The fraction of sp³-hybridized carbons (Fsp3) is 0.222. The predicted octanol–water partition coefficient (Wildman–Crippen LogP) is 6.05. The number of nitrogens with one attached hydrogen (secondary N) is 2. The highest BCUT2D eigenvalue weighted by Gasteiger charge is 2.06. The third-order valence-corrected chi connectivity index (χ3v) is 3.84. The average molecular weight is 363 g/mol. The second-order valence-corrected chi connectivity index (χ2v) is 5.93. The molecule has 0 atom stereocenters. The SMILES string of the molecule is CCC(=N/Nc1ccc(Cl)cc1)/C(CC)=N\Nc1ccc(Cl)cc1. The van der Waals surface area contributed by atoms with Gasteiger partial charge in [-0.25, -0.2) is 0 Å². The maximum absolute atomic E-state index is 5.88. The zero-order chi connectivity index (χ0) is 17.4. The Morgan fingerprint density at radius 1 is 0.708 bits per heavy atom. The number of hydrazone groups is 2. The van der Waals surface area contributed by atoms with Crippen molar-refractivity contribution in [2.24, 2.45) is 10.2 Å². The predicted molar refractivity (Wildman–Crippen MR) is 106 cm³/mol. The molecule has 0 aliphatic carbocycles. The van der Waals surface area contributed by atoms with Gasteiger partial charge in [0.05, 0.1) is 22.8 Å². The first-order valence-corrected chi connectivity index (χ1v) is 8.54. The van der Waals surface area contributed by atoms with Crippen molar-refractivity contribution in [1.29, 1.82) is 0 Å². The molecule has 24 heavy (non-hydrogen) atoms. The summed E-state index contributed by atoms with van der Waals surface area (Å²) in [5.74, 6) is 0. The van der Waals surface area contributed by atoms with E-state index in [2.05, 4.69) is 34.9 Å². The number of rotatable bonds is 7. The van der Waals surface area contributed by atoms with E-state index >= 15 is 0 Å². The van der Waals surface area contributed by atoms with E-state index in [0.717, 1.165) is 35.6 Å². The van der Waals surface area contributed by atoms with Crippen molar-refractivity contribution < 1.29 is 0 Å². The maximum atomic E-state index is 5.88. The van der Waals surface area contributed by atoms with Crippen LogP contribution in [-0.2, 0) is 0 Å². The molecule has 0 aliphatic rings. The van der Waals surface area contributed by atoms with E-state index in [4.69, 9.17) is 23.2 Å². The van der Waals surface area contributed by atoms with Crippen LogP contribution in [0.3, 0.4) is 0 Å². The summed E-state index contributed by atoms with van der Waals surface area (Å²) in [4.78, 5) is 0. The molecule has 0 aliphatic heterocycles. The normalized spacial score (nSPS) is 12.2. The van der Waals surface area contributed by atoms with Crippen LogP contribution in [0.4, 0.5) is 11.4 Å². The van der Waals surface area contributed by atoms with Crippen LogP contribution >= 0.6 is 23.2 Å². The molecule has 4 nitrogen and oxygen atoms in total. The quantitative estimate of drug-likeness (QED) is 0.465. The largest absolute Gasteiger partial charge is 0.278 e. The van der Waals surface area contributed by atoms with Gasteiger partial charge in [0.1, 0.15) is 0 Å². The van der Waals surface area contributed by atoms with Crippen molar-refractivity contribution in [2.75, 3.05) is 10.9 Å². The first-order valence-electron chi connectivity index (χ1n) is 7.79. The highest BCUT2D eigenvalue weighted by atomic mass is 35.5. The van der Waals surface area contributed by atoms with Gasteiger partial charge in [-0.1, -0.05) is 37.0 Å². The summed E-state index contributed by atoms with van der Waals surface area (Å²) in [5, 5.41) is 10.3. The van der Waals surface area contributed by atoms with E-state index in [1.54, 1.807) is 0 Å². The number of benzene rings is 2. The lowest BCUT2D eigenvalue weighted by molar-refractivity contribution is 1.19. The molecule has 0 amide bonds. The van der Waals surface area contributed by atoms with Crippen LogP contribution in [-0.4, -0.2) is 11.4 Å². The van der Waals surface area contributed by atoms with E-state index in [0.29, 0.717) is 10.0 Å². The minimum absolute atomic E-state index is 0.697. The van der Waals surface area contributed by atoms with E-state index in [1.165, 1.54) is 0 Å². The lowest BCUT2D eigenvalue weighted by Gasteiger charge is -2.09. The molecule has 0 heterocycles. The topological polar surface area (TPSA) is 48.8 Å². The van der Waals surface area contributed by atoms with Crippen molar-refractivity contribution >= 4 is 46.0 Å². The van der Waals surface area contributed by atoms with Gasteiger partial charge in [-0.3, -0.25) is 10.9 Å². The molecule has 0 spiro atoms. The number of hydrogen-bond acceptors (Lipinski definition) is 4. The Morgan fingerprint density at radius 3 is 1.33 bits per heavy atom. The molecular formula is C18H20Cl2N4. The van der Waals surface area contributed by atoms with E-state index in [1.807, 2.05) is 48.5 Å². The van der Waals surface area contributed by atoms with Gasteiger partial charge in [-0.05, 0) is 61.4 Å². The minimum Gasteiger partial charge on any atom is -0.278 e. The smallest absolute Gasteiger partial charge is 0.0836 e. The van der Waals surface area contributed by atoms with E-state index < -0.39 is 0 Å². The van der Waals surface area contributed by atoms with Crippen LogP contribution in [0.25, 0.3) is 0 Å². The summed E-state index contributed by atoms with van der Waals surface area (Å²) >= 11 is 11.8. The first kappa shape index (κ1) is 18.3. The minimum atomic E-state index is 0.697. The van der Waals surface area contributed by atoms with E-state index in [9.17, 15) is 0 Å². The van der Waals surface area contributed by atoms with E-state index in [-0.39, 0.29) is 0 Å². The molecule has 2 N–H and O–H groups in total. The summed E-state index contributed by atoms with van der Waals surface area (Å²) in [6.45, 7) is 4.10. The Bertz CT molecular complexity index is 643. The lowest BCUT2D eigenvalue weighted by atomic mass is 10.1. The summed E-state index contributed by atoms with van der Waals surface area (Å²) in [5.41, 5.74) is 9.65. The second kappa shape index (κ2) is 9.30. The molecular weight excluding hydrogens is 343 g/mol. The third kappa shape index (κ3) is 5.55. The van der Waals surface area contributed by atoms with Crippen molar-refractivity contribution in [3.05, 3.63) is 58.6 Å². The molecule has 2 aromatic carbocycles. The van der Waals surface area contributed by atoms with Crippen LogP contribution in [0.5, 0.6) is 0 Å². The van der Waals surface area contributed by atoms with Gasteiger partial charge in [0.15, 0.2) is 0 Å². The highest BCUT2D eigenvalue weighted by molar-refractivity contribution is 6.42. The summed E-state index contributed by atoms with van der Waals surface area (Å²) in [7, 11) is 0. The Kier molecular flexibility index (Phi) is 7.09.